The summed E-state index contributed by atoms with van der Waals surface area (Å²) in [5.41, 5.74) is 0. The maximum absolute atomic E-state index is 11.9. The Bertz CT molecular complexity index is 218. The van der Waals surface area contributed by atoms with E-state index in [0.717, 1.165) is 13.1 Å². The van der Waals surface area contributed by atoms with Gasteiger partial charge < -0.3 is 10.2 Å². The van der Waals surface area contributed by atoms with Gasteiger partial charge in [0.05, 0.1) is 0 Å². The van der Waals surface area contributed by atoms with Crippen molar-refractivity contribution in [3.8, 4) is 0 Å². The van der Waals surface area contributed by atoms with E-state index >= 15 is 0 Å². The maximum Gasteiger partial charge on any atom is 0.223 e. The molecule has 0 aliphatic heterocycles. The van der Waals surface area contributed by atoms with E-state index in [4.69, 9.17) is 0 Å². The first kappa shape index (κ1) is 13.5. The summed E-state index contributed by atoms with van der Waals surface area (Å²) in [7, 11) is 1.97. The van der Waals surface area contributed by atoms with Gasteiger partial charge in [0.2, 0.25) is 5.91 Å². The minimum absolute atomic E-state index is 0.291. The number of hydrogen-bond acceptors (Lipinski definition) is 2. The molecule has 0 saturated heterocycles. The Morgan fingerprint density at radius 2 is 2.06 bits per heavy atom. The lowest BCUT2D eigenvalue weighted by Crippen LogP contribution is -2.43. The van der Waals surface area contributed by atoms with Crippen molar-refractivity contribution in [2.75, 3.05) is 20.1 Å². The van der Waals surface area contributed by atoms with Gasteiger partial charge in [0, 0.05) is 26.1 Å². The fraction of sp³-hybridized carbons (Fsp3) is 0.923. The lowest BCUT2D eigenvalue weighted by molar-refractivity contribution is -0.133. The minimum atomic E-state index is 0.291. The van der Waals surface area contributed by atoms with E-state index in [1.165, 1.54) is 25.7 Å². The van der Waals surface area contributed by atoms with Crippen LogP contribution in [0.2, 0.25) is 0 Å². The lowest BCUT2D eigenvalue weighted by atomic mass is 9.85. The molecular weight excluding hydrogens is 200 g/mol. The number of amides is 1. The summed E-state index contributed by atoms with van der Waals surface area (Å²) < 4.78 is 0. The lowest BCUT2D eigenvalue weighted by Gasteiger charge is -2.36. The minimum Gasteiger partial charge on any atom is -0.342 e. The molecule has 0 radical (unpaired) electrons. The molecule has 0 bridgehead atoms. The van der Waals surface area contributed by atoms with Gasteiger partial charge in [-0.1, -0.05) is 26.7 Å². The standard InChI is InChI=1S/C13H26N2O/c1-4-14-10-9-13(16)15(3)12-8-6-5-7-11(12)2/h11-12,14H,4-10H2,1-3H3. The normalized spacial score (nSPS) is 25.4. The van der Waals surface area contributed by atoms with Crippen molar-refractivity contribution < 1.29 is 4.79 Å². The Morgan fingerprint density at radius 3 is 2.69 bits per heavy atom. The van der Waals surface area contributed by atoms with E-state index < -0.39 is 0 Å². The molecule has 1 amide bonds. The van der Waals surface area contributed by atoms with Crippen molar-refractivity contribution in [2.45, 2.75) is 52.0 Å². The molecule has 1 N–H and O–H groups in total. The van der Waals surface area contributed by atoms with Crippen LogP contribution in [0.4, 0.5) is 0 Å². The largest absolute Gasteiger partial charge is 0.342 e. The Labute approximate surface area is 99.6 Å². The van der Waals surface area contributed by atoms with Crippen molar-refractivity contribution in [3.05, 3.63) is 0 Å². The molecule has 1 fully saturated rings. The molecule has 1 aliphatic carbocycles. The van der Waals surface area contributed by atoms with Crippen LogP contribution in [0.25, 0.3) is 0 Å². The zero-order valence-corrected chi connectivity index (χ0v) is 11.0. The van der Waals surface area contributed by atoms with Crippen LogP contribution in [0.3, 0.4) is 0 Å². The third-order valence-corrected chi connectivity index (χ3v) is 3.72. The van der Waals surface area contributed by atoms with Crippen molar-refractivity contribution >= 4 is 5.91 Å². The van der Waals surface area contributed by atoms with Crippen molar-refractivity contribution in [3.63, 3.8) is 0 Å². The molecule has 0 spiro atoms. The topological polar surface area (TPSA) is 32.3 Å². The summed E-state index contributed by atoms with van der Waals surface area (Å²) in [4.78, 5) is 13.9. The second-order valence-electron chi connectivity index (χ2n) is 4.94. The average molecular weight is 226 g/mol. The molecule has 2 unspecified atom stereocenters. The van der Waals surface area contributed by atoms with E-state index in [0.29, 0.717) is 24.3 Å². The second-order valence-corrected chi connectivity index (χ2v) is 4.94. The van der Waals surface area contributed by atoms with Crippen LogP contribution in [-0.4, -0.2) is 37.0 Å². The maximum atomic E-state index is 11.9. The van der Waals surface area contributed by atoms with Gasteiger partial charge >= 0.3 is 0 Å². The highest BCUT2D eigenvalue weighted by molar-refractivity contribution is 5.76. The Kier molecular flexibility index (Phi) is 5.81. The van der Waals surface area contributed by atoms with Crippen LogP contribution in [0.15, 0.2) is 0 Å². The molecule has 0 aromatic carbocycles. The molecule has 1 aliphatic rings. The van der Waals surface area contributed by atoms with Gasteiger partial charge in [-0.2, -0.15) is 0 Å². The van der Waals surface area contributed by atoms with Crippen molar-refractivity contribution in [1.29, 1.82) is 0 Å². The van der Waals surface area contributed by atoms with E-state index in [2.05, 4.69) is 19.2 Å². The molecule has 1 rings (SSSR count). The van der Waals surface area contributed by atoms with Crippen LogP contribution in [-0.2, 0) is 4.79 Å². The van der Waals surface area contributed by atoms with Gasteiger partial charge in [-0.25, -0.2) is 0 Å². The third kappa shape index (κ3) is 3.78. The van der Waals surface area contributed by atoms with E-state index in [-0.39, 0.29) is 0 Å². The molecule has 1 saturated carbocycles. The van der Waals surface area contributed by atoms with E-state index in [1.807, 2.05) is 11.9 Å². The number of nitrogens with zero attached hydrogens (tertiary/aromatic N) is 1. The molecule has 0 heterocycles. The quantitative estimate of drug-likeness (QED) is 0.727. The molecule has 3 nitrogen and oxygen atoms in total. The van der Waals surface area contributed by atoms with Crippen LogP contribution in [0.1, 0.15) is 46.0 Å². The highest BCUT2D eigenvalue weighted by Crippen LogP contribution is 2.27. The van der Waals surface area contributed by atoms with Gasteiger partial charge in [-0.15, -0.1) is 0 Å². The molecule has 0 aromatic rings. The van der Waals surface area contributed by atoms with Crippen LogP contribution < -0.4 is 5.32 Å². The predicted octanol–water partition coefficient (Wildman–Crippen LogP) is 2.02. The summed E-state index contributed by atoms with van der Waals surface area (Å²) in [6.45, 7) is 6.09. The number of carbonyl (C=O) groups is 1. The summed E-state index contributed by atoms with van der Waals surface area (Å²) in [5.74, 6) is 0.960. The number of hydrogen-bond donors (Lipinski definition) is 1. The zero-order chi connectivity index (χ0) is 12.0. The SMILES string of the molecule is CCNCCC(=O)N(C)C1CCCCC1C. The third-order valence-electron chi connectivity index (χ3n) is 3.72. The van der Waals surface area contributed by atoms with Crippen LogP contribution in [0, 0.1) is 5.92 Å². The monoisotopic (exact) mass is 226 g/mol. The molecule has 2 atom stereocenters. The Hall–Kier alpha value is -0.570. The molecular formula is C13H26N2O. The zero-order valence-electron chi connectivity index (χ0n) is 11.0. The smallest absolute Gasteiger partial charge is 0.223 e. The first-order valence-corrected chi connectivity index (χ1v) is 6.63. The molecule has 94 valence electrons. The fourth-order valence-corrected chi connectivity index (χ4v) is 2.61. The predicted molar refractivity (Wildman–Crippen MR) is 67.4 cm³/mol. The summed E-state index contributed by atoms with van der Waals surface area (Å²) in [6, 6.07) is 0.475. The van der Waals surface area contributed by atoms with Crippen molar-refractivity contribution in [2.24, 2.45) is 5.92 Å². The van der Waals surface area contributed by atoms with Crippen molar-refractivity contribution in [1.82, 2.24) is 10.2 Å². The van der Waals surface area contributed by atoms with Gasteiger partial charge in [0.1, 0.15) is 0 Å². The fourth-order valence-electron chi connectivity index (χ4n) is 2.61. The first-order chi connectivity index (χ1) is 7.66. The highest BCUT2D eigenvalue weighted by Gasteiger charge is 2.27. The van der Waals surface area contributed by atoms with E-state index in [1.54, 1.807) is 0 Å². The average Bonchev–Trinajstić information content (AvgIpc) is 2.29. The van der Waals surface area contributed by atoms with Crippen LogP contribution >= 0.6 is 0 Å². The number of nitrogens with one attached hydrogen (secondary N) is 1. The van der Waals surface area contributed by atoms with Gasteiger partial charge in [-0.05, 0) is 25.3 Å². The molecule has 16 heavy (non-hydrogen) atoms. The summed E-state index contributed by atoms with van der Waals surface area (Å²) in [6.07, 6.45) is 5.70. The Balaban J connectivity index is 2.36. The second kappa shape index (κ2) is 6.89. The number of carbonyl (C=O) groups excluding carboxylic acids is 1. The van der Waals surface area contributed by atoms with Gasteiger partial charge in [0.15, 0.2) is 0 Å². The Morgan fingerprint density at radius 1 is 1.38 bits per heavy atom. The molecule has 0 aromatic heterocycles. The van der Waals surface area contributed by atoms with Crippen LogP contribution in [0.5, 0.6) is 0 Å². The first-order valence-electron chi connectivity index (χ1n) is 6.63. The summed E-state index contributed by atoms with van der Waals surface area (Å²) >= 11 is 0. The highest BCUT2D eigenvalue weighted by atomic mass is 16.2. The van der Waals surface area contributed by atoms with E-state index in [9.17, 15) is 4.79 Å². The van der Waals surface area contributed by atoms with Gasteiger partial charge in [-0.3, -0.25) is 4.79 Å². The number of rotatable bonds is 5. The summed E-state index contributed by atoms with van der Waals surface area (Å²) in [5, 5.41) is 3.20. The molecule has 3 heteroatoms. The van der Waals surface area contributed by atoms with Gasteiger partial charge in [0.25, 0.3) is 0 Å².